The zero-order chi connectivity index (χ0) is 12.1. The number of carbonyl (C=O) groups is 1. The molecule has 0 fully saturated rings. The monoisotopic (exact) mass is 220 g/mol. The predicted molar refractivity (Wildman–Crippen MR) is 66.1 cm³/mol. The number of rotatable bonds is 5. The van der Waals surface area contributed by atoms with Gasteiger partial charge in [-0.05, 0) is 30.5 Å². The Morgan fingerprint density at radius 2 is 2.12 bits per heavy atom. The molecule has 0 bridgehead atoms. The predicted octanol–water partition coefficient (Wildman–Crippen LogP) is 3.62. The smallest absolute Gasteiger partial charge is 0.166 e. The van der Waals surface area contributed by atoms with Crippen LogP contribution < -0.4 is 4.74 Å². The maximum absolute atomic E-state index is 12.0. The molecule has 1 aromatic carbocycles. The van der Waals surface area contributed by atoms with E-state index < -0.39 is 0 Å². The summed E-state index contributed by atoms with van der Waals surface area (Å²) in [5.74, 6) is 1.29. The van der Waals surface area contributed by atoms with E-state index in [2.05, 4.69) is 13.8 Å². The molecule has 0 aliphatic carbocycles. The Kier molecular flexibility index (Phi) is 4.53. The Balaban J connectivity index is 2.90. The van der Waals surface area contributed by atoms with E-state index in [4.69, 9.17) is 4.74 Å². The van der Waals surface area contributed by atoms with Gasteiger partial charge in [0.2, 0.25) is 0 Å². The second kappa shape index (κ2) is 5.69. The van der Waals surface area contributed by atoms with E-state index >= 15 is 0 Å². The SMILES string of the molecule is CCC(C)CC(=O)c1ccc(C)cc1OC. The summed E-state index contributed by atoms with van der Waals surface area (Å²) in [6, 6.07) is 5.72. The fraction of sp³-hybridized carbons (Fsp3) is 0.500. The number of ketones is 1. The fourth-order valence-corrected chi connectivity index (χ4v) is 1.60. The highest BCUT2D eigenvalue weighted by Crippen LogP contribution is 2.23. The molecular formula is C14H20O2. The number of ether oxygens (including phenoxy) is 1. The van der Waals surface area contributed by atoms with Gasteiger partial charge in [0.05, 0.1) is 12.7 Å². The van der Waals surface area contributed by atoms with Crippen LogP contribution in [0.15, 0.2) is 18.2 Å². The van der Waals surface area contributed by atoms with Crippen LogP contribution >= 0.6 is 0 Å². The lowest BCUT2D eigenvalue weighted by Crippen LogP contribution is -2.07. The fourth-order valence-electron chi connectivity index (χ4n) is 1.60. The highest BCUT2D eigenvalue weighted by molar-refractivity contribution is 5.98. The van der Waals surface area contributed by atoms with Gasteiger partial charge < -0.3 is 4.74 Å². The molecular weight excluding hydrogens is 200 g/mol. The molecule has 0 amide bonds. The summed E-state index contributed by atoms with van der Waals surface area (Å²) in [5, 5.41) is 0. The van der Waals surface area contributed by atoms with Crippen LogP contribution in [0.1, 0.15) is 42.6 Å². The molecule has 0 saturated carbocycles. The number of benzene rings is 1. The van der Waals surface area contributed by atoms with Crippen molar-refractivity contribution in [2.24, 2.45) is 5.92 Å². The average molecular weight is 220 g/mol. The first kappa shape index (κ1) is 12.8. The van der Waals surface area contributed by atoms with Crippen LogP contribution in [0.3, 0.4) is 0 Å². The number of hydrogen-bond donors (Lipinski definition) is 0. The summed E-state index contributed by atoms with van der Waals surface area (Å²) in [6.45, 7) is 6.19. The van der Waals surface area contributed by atoms with E-state index in [-0.39, 0.29) is 5.78 Å². The van der Waals surface area contributed by atoms with Crippen molar-refractivity contribution in [1.29, 1.82) is 0 Å². The van der Waals surface area contributed by atoms with Crippen LogP contribution in [0.2, 0.25) is 0 Å². The molecule has 0 aliphatic rings. The summed E-state index contributed by atoms with van der Waals surface area (Å²) >= 11 is 0. The van der Waals surface area contributed by atoms with Crippen LogP contribution in [0.25, 0.3) is 0 Å². The van der Waals surface area contributed by atoms with E-state index in [1.807, 2.05) is 25.1 Å². The molecule has 0 spiro atoms. The van der Waals surface area contributed by atoms with Gasteiger partial charge in [0.15, 0.2) is 5.78 Å². The normalized spacial score (nSPS) is 12.2. The first-order valence-corrected chi connectivity index (χ1v) is 5.76. The topological polar surface area (TPSA) is 26.3 Å². The first-order valence-electron chi connectivity index (χ1n) is 5.76. The summed E-state index contributed by atoms with van der Waals surface area (Å²) in [4.78, 5) is 12.0. The molecule has 2 nitrogen and oxygen atoms in total. The number of Topliss-reactive ketones (excluding diaryl/α,β-unsaturated/α-hetero) is 1. The van der Waals surface area contributed by atoms with Crippen molar-refractivity contribution in [3.05, 3.63) is 29.3 Å². The Morgan fingerprint density at radius 3 is 2.69 bits per heavy atom. The Labute approximate surface area is 97.6 Å². The quantitative estimate of drug-likeness (QED) is 0.708. The maximum atomic E-state index is 12.0. The molecule has 0 radical (unpaired) electrons. The summed E-state index contributed by atoms with van der Waals surface area (Å²) in [6.07, 6.45) is 1.62. The van der Waals surface area contributed by atoms with Gasteiger partial charge in [0.25, 0.3) is 0 Å². The van der Waals surface area contributed by atoms with E-state index in [1.165, 1.54) is 0 Å². The molecule has 1 rings (SSSR count). The molecule has 0 aromatic heterocycles. The average Bonchev–Trinajstić information content (AvgIpc) is 2.28. The molecule has 0 saturated heterocycles. The third-order valence-corrected chi connectivity index (χ3v) is 2.89. The van der Waals surface area contributed by atoms with Crippen molar-refractivity contribution < 1.29 is 9.53 Å². The van der Waals surface area contributed by atoms with Crippen molar-refractivity contribution >= 4 is 5.78 Å². The molecule has 0 aliphatic heterocycles. The summed E-state index contributed by atoms with van der Waals surface area (Å²) in [7, 11) is 1.61. The standard InChI is InChI=1S/C14H20O2/c1-5-10(2)8-13(15)12-7-6-11(3)9-14(12)16-4/h6-7,9-10H,5,8H2,1-4H3. The second-order valence-electron chi connectivity index (χ2n) is 4.34. The van der Waals surface area contributed by atoms with E-state index in [1.54, 1.807) is 7.11 Å². The van der Waals surface area contributed by atoms with Crippen LogP contribution in [0.4, 0.5) is 0 Å². The molecule has 1 unspecified atom stereocenters. The Morgan fingerprint density at radius 1 is 1.44 bits per heavy atom. The maximum Gasteiger partial charge on any atom is 0.166 e. The zero-order valence-electron chi connectivity index (χ0n) is 10.5. The lowest BCUT2D eigenvalue weighted by Gasteiger charge is -2.11. The van der Waals surface area contributed by atoms with Crippen LogP contribution in [0.5, 0.6) is 5.75 Å². The Bertz CT molecular complexity index is 369. The zero-order valence-corrected chi connectivity index (χ0v) is 10.5. The molecule has 2 heteroatoms. The molecule has 0 heterocycles. The van der Waals surface area contributed by atoms with Gasteiger partial charge in [-0.2, -0.15) is 0 Å². The minimum atomic E-state index is 0.172. The van der Waals surface area contributed by atoms with Crippen LogP contribution in [-0.4, -0.2) is 12.9 Å². The molecule has 1 aromatic rings. The molecule has 1 atom stereocenters. The van der Waals surface area contributed by atoms with Crippen molar-refractivity contribution in [2.75, 3.05) is 7.11 Å². The molecule has 16 heavy (non-hydrogen) atoms. The highest BCUT2D eigenvalue weighted by atomic mass is 16.5. The minimum Gasteiger partial charge on any atom is -0.496 e. The highest BCUT2D eigenvalue weighted by Gasteiger charge is 2.14. The van der Waals surface area contributed by atoms with Crippen LogP contribution in [0, 0.1) is 12.8 Å². The molecule has 0 N–H and O–H groups in total. The van der Waals surface area contributed by atoms with Crippen LogP contribution in [-0.2, 0) is 0 Å². The van der Waals surface area contributed by atoms with Gasteiger partial charge in [-0.3, -0.25) is 4.79 Å². The third kappa shape index (κ3) is 3.09. The number of methoxy groups -OCH3 is 1. The lowest BCUT2D eigenvalue weighted by molar-refractivity contribution is 0.0960. The van der Waals surface area contributed by atoms with Crippen molar-refractivity contribution in [2.45, 2.75) is 33.6 Å². The van der Waals surface area contributed by atoms with Gasteiger partial charge in [-0.1, -0.05) is 26.3 Å². The van der Waals surface area contributed by atoms with E-state index in [0.717, 1.165) is 12.0 Å². The van der Waals surface area contributed by atoms with E-state index in [0.29, 0.717) is 23.7 Å². The molecule has 88 valence electrons. The van der Waals surface area contributed by atoms with Crippen molar-refractivity contribution in [3.63, 3.8) is 0 Å². The van der Waals surface area contributed by atoms with Gasteiger partial charge in [-0.15, -0.1) is 0 Å². The van der Waals surface area contributed by atoms with Crippen molar-refractivity contribution in [3.8, 4) is 5.75 Å². The number of hydrogen-bond acceptors (Lipinski definition) is 2. The largest absolute Gasteiger partial charge is 0.496 e. The number of aryl methyl sites for hydroxylation is 1. The summed E-state index contributed by atoms with van der Waals surface area (Å²) in [5.41, 5.74) is 1.81. The van der Waals surface area contributed by atoms with Gasteiger partial charge in [0.1, 0.15) is 5.75 Å². The van der Waals surface area contributed by atoms with Gasteiger partial charge >= 0.3 is 0 Å². The van der Waals surface area contributed by atoms with Gasteiger partial charge in [-0.25, -0.2) is 0 Å². The summed E-state index contributed by atoms with van der Waals surface area (Å²) < 4.78 is 5.24. The van der Waals surface area contributed by atoms with Gasteiger partial charge in [0, 0.05) is 6.42 Å². The lowest BCUT2D eigenvalue weighted by atomic mass is 9.97. The Hall–Kier alpha value is -1.31. The second-order valence-corrected chi connectivity index (χ2v) is 4.34. The third-order valence-electron chi connectivity index (χ3n) is 2.89. The van der Waals surface area contributed by atoms with Crippen molar-refractivity contribution in [1.82, 2.24) is 0 Å². The number of carbonyl (C=O) groups excluding carboxylic acids is 1. The minimum absolute atomic E-state index is 0.172. The first-order chi connectivity index (χ1) is 7.58. The van der Waals surface area contributed by atoms with E-state index in [9.17, 15) is 4.79 Å².